The molecule has 1 aliphatic heterocycles. The van der Waals surface area contributed by atoms with E-state index in [1.165, 1.54) is 25.6 Å². The Labute approximate surface area is 189 Å². The van der Waals surface area contributed by atoms with E-state index in [1.807, 2.05) is 19.9 Å². The zero-order valence-corrected chi connectivity index (χ0v) is 20.0. The van der Waals surface area contributed by atoms with Crippen molar-refractivity contribution in [1.82, 2.24) is 9.21 Å². The number of amides is 1. The van der Waals surface area contributed by atoms with Gasteiger partial charge in [0.15, 0.2) is 11.5 Å². The largest absolute Gasteiger partial charge is 0.493 e. The van der Waals surface area contributed by atoms with E-state index in [1.54, 1.807) is 29.2 Å². The summed E-state index contributed by atoms with van der Waals surface area (Å²) >= 11 is 0. The molecule has 2 aromatic carbocycles. The summed E-state index contributed by atoms with van der Waals surface area (Å²) in [5.74, 6) is 1.36. The van der Waals surface area contributed by atoms with Gasteiger partial charge in [0.1, 0.15) is 0 Å². The van der Waals surface area contributed by atoms with E-state index in [-0.39, 0.29) is 30.3 Å². The third-order valence-corrected chi connectivity index (χ3v) is 7.68. The number of sulfonamides is 1. The van der Waals surface area contributed by atoms with Crippen LogP contribution in [0.5, 0.6) is 17.2 Å². The highest BCUT2D eigenvalue weighted by Crippen LogP contribution is 2.38. The van der Waals surface area contributed by atoms with Crippen LogP contribution in [0.1, 0.15) is 16.7 Å². The number of aryl methyl sites for hydroxylation is 2. The Morgan fingerprint density at radius 3 is 1.97 bits per heavy atom. The van der Waals surface area contributed by atoms with E-state index in [2.05, 4.69) is 0 Å². The van der Waals surface area contributed by atoms with Gasteiger partial charge in [-0.05, 0) is 54.8 Å². The van der Waals surface area contributed by atoms with Crippen LogP contribution in [-0.4, -0.2) is 71.0 Å². The van der Waals surface area contributed by atoms with Crippen LogP contribution in [0, 0.1) is 13.8 Å². The lowest BCUT2D eigenvalue weighted by molar-refractivity contribution is -0.131. The molecule has 8 nitrogen and oxygen atoms in total. The first kappa shape index (κ1) is 23.9. The van der Waals surface area contributed by atoms with E-state index < -0.39 is 10.0 Å². The molecule has 3 rings (SSSR count). The Morgan fingerprint density at radius 1 is 0.875 bits per heavy atom. The standard InChI is InChI=1S/C23H30N2O6S/c1-16-6-7-19(12-17(16)2)32(27,28)25-10-8-24(9-11-25)22(26)15-18-13-20(29-3)23(31-5)21(14-18)30-4/h6-7,12-14H,8-11,15H2,1-5H3. The second-order valence-corrected chi connectivity index (χ2v) is 9.68. The number of ether oxygens (including phenoxy) is 3. The molecule has 1 aliphatic rings. The number of methoxy groups -OCH3 is 3. The molecule has 0 radical (unpaired) electrons. The van der Waals surface area contributed by atoms with Gasteiger partial charge in [-0.3, -0.25) is 4.79 Å². The predicted molar refractivity (Wildman–Crippen MR) is 121 cm³/mol. The van der Waals surface area contributed by atoms with Gasteiger partial charge in [-0.25, -0.2) is 8.42 Å². The summed E-state index contributed by atoms with van der Waals surface area (Å²) in [6, 6.07) is 8.66. The normalized spacial score (nSPS) is 14.8. The fraction of sp³-hybridized carbons (Fsp3) is 0.435. The Balaban J connectivity index is 1.67. The summed E-state index contributed by atoms with van der Waals surface area (Å²) in [4.78, 5) is 14.9. The maximum Gasteiger partial charge on any atom is 0.243 e. The van der Waals surface area contributed by atoms with Gasteiger partial charge in [0.2, 0.25) is 21.7 Å². The molecule has 0 N–H and O–H groups in total. The highest BCUT2D eigenvalue weighted by Gasteiger charge is 2.30. The van der Waals surface area contributed by atoms with Crippen LogP contribution in [-0.2, 0) is 21.2 Å². The van der Waals surface area contributed by atoms with Crippen LogP contribution < -0.4 is 14.2 Å². The molecule has 174 valence electrons. The number of benzene rings is 2. The lowest BCUT2D eigenvalue weighted by Crippen LogP contribution is -2.50. The van der Waals surface area contributed by atoms with E-state index >= 15 is 0 Å². The Bertz CT molecular complexity index is 1070. The molecular weight excluding hydrogens is 432 g/mol. The van der Waals surface area contributed by atoms with Crippen molar-refractivity contribution in [2.24, 2.45) is 0 Å². The van der Waals surface area contributed by atoms with Crippen molar-refractivity contribution in [1.29, 1.82) is 0 Å². The van der Waals surface area contributed by atoms with E-state index in [0.29, 0.717) is 30.3 Å². The molecule has 0 aromatic heterocycles. The van der Waals surface area contributed by atoms with E-state index in [0.717, 1.165) is 16.7 Å². The van der Waals surface area contributed by atoms with Crippen molar-refractivity contribution in [3.05, 3.63) is 47.0 Å². The lowest BCUT2D eigenvalue weighted by Gasteiger charge is -2.34. The second kappa shape index (κ2) is 9.79. The number of hydrogen-bond acceptors (Lipinski definition) is 6. The van der Waals surface area contributed by atoms with Crippen LogP contribution in [0.4, 0.5) is 0 Å². The van der Waals surface area contributed by atoms with Gasteiger partial charge in [0.05, 0.1) is 32.6 Å². The van der Waals surface area contributed by atoms with Crippen molar-refractivity contribution in [3.63, 3.8) is 0 Å². The molecule has 1 fully saturated rings. The number of rotatable bonds is 7. The Hall–Kier alpha value is -2.78. The molecule has 0 spiro atoms. The summed E-state index contributed by atoms with van der Waals surface area (Å²) in [5, 5.41) is 0. The van der Waals surface area contributed by atoms with Gasteiger partial charge < -0.3 is 19.1 Å². The van der Waals surface area contributed by atoms with Gasteiger partial charge in [0.25, 0.3) is 0 Å². The monoisotopic (exact) mass is 462 g/mol. The smallest absolute Gasteiger partial charge is 0.243 e. The molecule has 9 heteroatoms. The first-order valence-corrected chi connectivity index (χ1v) is 11.8. The fourth-order valence-corrected chi connectivity index (χ4v) is 5.23. The number of nitrogens with zero attached hydrogens (tertiary/aromatic N) is 2. The number of carbonyl (C=O) groups is 1. The second-order valence-electron chi connectivity index (χ2n) is 7.74. The number of hydrogen-bond donors (Lipinski definition) is 0. The topological polar surface area (TPSA) is 85.4 Å². The van der Waals surface area contributed by atoms with Crippen LogP contribution in [0.15, 0.2) is 35.2 Å². The predicted octanol–water partition coefficient (Wildman–Crippen LogP) is 2.40. The van der Waals surface area contributed by atoms with Gasteiger partial charge >= 0.3 is 0 Å². The van der Waals surface area contributed by atoms with Gasteiger partial charge in [0, 0.05) is 26.2 Å². The molecule has 0 bridgehead atoms. The summed E-state index contributed by atoms with van der Waals surface area (Å²) < 4.78 is 43.5. The average Bonchev–Trinajstić information content (AvgIpc) is 2.80. The highest BCUT2D eigenvalue weighted by molar-refractivity contribution is 7.89. The first-order valence-electron chi connectivity index (χ1n) is 10.3. The van der Waals surface area contributed by atoms with Crippen molar-refractivity contribution in [2.45, 2.75) is 25.2 Å². The minimum absolute atomic E-state index is 0.0810. The molecule has 1 saturated heterocycles. The Morgan fingerprint density at radius 2 is 1.47 bits per heavy atom. The van der Waals surface area contributed by atoms with Gasteiger partial charge in [-0.2, -0.15) is 4.31 Å². The molecule has 0 unspecified atom stereocenters. The molecule has 2 aromatic rings. The molecule has 0 saturated carbocycles. The first-order chi connectivity index (χ1) is 15.2. The SMILES string of the molecule is COc1cc(CC(=O)N2CCN(S(=O)(=O)c3ccc(C)c(C)c3)CC2)cc(OC)c1OC. The van der Waals surface area contributed by atoms with Crippen molar-refractivity contribution >= 4 is 15.9 Å². The third-order valence-electron chi connectivity index (χ3n) is 5.79. The molecule has 32 heavy (non-hydrogen) atoms. The minimum atomic E-state index is -3.59. The maximum atomic E-state index is 13.0. The number of piperazine rings is 1. The van der Waals surface area contributed by atoms with Crippen LogP contribution >= 0.6 is 0 Å². The summed E-state index contributed by atoms with van der Waals surface area (Å²) in [5.41, 5.74) is 2.71. The maximum absolute atomic E-state index is 13.0. The van der Waals surface area contributed by atoms with Crippen LogP contribution in [0.3, 0.4) is 0 Å². The van der Waals surface area contributed by atoms with Crippen LogP contribution in [0.25, 0.3) is 0 Å². The third kappa shape index (κ3) is 4.83. The van der Waals surface area contributed by atoms with E-state index in [9.17, 15) is 13.2 Å². The minimum Gasteiger partial charge on any atom is -0.493 e. The van der Waals surface area contributed by atoms with Crippen molar-refractivity contribution in [3.8, 4) is 17.2 Å². The molecule has 1 heterocycles. The fourth-order valence-electron chi connectivity index (χ4n) is 3.73. The average molecular weight is 463 g/mol. The zero-order chi connectivity index (χ0) is 23.5. The van der Waals surface area contributed by atoms with Crippen molar-refractivity contribution < 1.29 is 27.4 Å². The molecule has 0 atom stereocenters. The molecular formula is C23H30N2O6S. The Kier molecular flexibility index (Phi) is 7.30. The van der Waals surface area contributed by atoms with Crippen LogP contribution in [0.2, 0.25) is 0 Å². The zero-order valence-electron chi connectivity index (χ0n) is 19.2. The van der Waals surface area contributed by atoms with Gasteiger partial charge in [-0.15, -0.1) is 0 Å². The quantitative estimate of drug-likeness (QED) is 0.628. The summed E-state index contributed by atoms with van der Waals surface area (Å²) in [7, 11) is 0.990. The number of carbonyl (C=O) groups excluding carboxylic acids is 1. The molecule has 1 amide bonds. The highest BCUT2D eigenvalue weighted by atomic mass is 32.2. The van der Waals surface area contributed by atoms with E-state index in [4.69, 9.17) is 14.2 Å². The summed E-state index contributed by atoms with van der Waals surface area (Å²) in [6.45, 7) is 5.05. The molecule has 0 aliphatic carbocycles. The lowest BCUT2D eigenvalue weighted by atomic mass is 10.1. The summed E-state index contributed by atoms with van der Waals surface area (Å²) in [6.07, 6.45) is 0.153. The van der Waals surface area contributed by atoms with Crippen molar-refractivity contribution in [2.75, 3.05) is 47.5 Å². The van der Waals surface area contributed by atoms with Gasteiger partial charge in [-0.1, -0.05) is 6.07 Å².